The van der Waals surface area contributed by atoms with Crippen LogP contribution in [0.2, 0.25) is 0 Å². The van der Waals surface area contributed by atoms with Crippen LogP contribution in [0.4, 0.5) is 0 Å². The molecule has 0 bridgehead atoms. The minimum absolute atomic E-state index is 0.0476. The van der Waals surface area contributed by atoms with Gasteiger partial charge in [0.1, 0.15) is 5.38 Å². The molecule has 0 radical (unpaired) electrons. The summed E-state index contributed by atoms with van der Waals surface area (Å²) < 4.78 is 5.22. The number of carbonyl (C=O) groups excluding carboxylic acids is 1. The van der Waals surface area contributed by atoms with Crippen molar-refractivity contribution in [3.63, 3.8) is 0 Å². The maximum atomic E-state index is 11.6. The number of hydrogen-bond donors (Lipinski definition) is 1. The van der Waals surface area contributed by atoms with Gasteiger partial charge in [0, 0.05) is 19.3 Å². The molecule has 0 aromatic rings. The molecule has 1 aliphatic heterocycles. The SMILES string of the molecule is CC(C)NC(=O)C(Cl)C1CCOCC1. The van der Waals surface area contributed by atoms with Gasteiger partial charge in [-0.1, -0.05) is 0 Å². The molecule has 1 N–H and O–H groups in total. The summed E-state index contributed by atoms with van der Waals surface area (Å²) in [5.74, 6) is 0.220. The third-order valence-electron chi connectivity index (χ3n) is 2.36. The van der Waals surface area contributed by atoms with Crippen LogP contribution >= 0.6 is 11.6 Å². The molecule has 1 unspecified atom stereocenters. The van der Waals surface area contributed by atoms with Crippen LogP contribution in [0.3, 0.4) is 0 Å². The average Bonchev–Trinajstić information content (AvgIpc) is 2.17. The second-order valence-corrected chi connectivity index (χ2v) is 4.49. The molecule has 0 aliphatic carbocycles. The van der Waals surface area contributed by atoms with E-state index in [0.717, 1.165) is 26.1 Å². The van der Waals surface area contributed by atoms with Crippen molar-refractivity contribution in [1.29, 1.82) is 0 Å². The molecule has 1 atom stereocenters. The highest BCUT2D eigenvalue weighted by atomic mass is 35.5. The minimum atomic E-state index is -0.402. The van der Waals surface area contributed by atoms with Crippen molar-refractivity contribution in [2.75, 3.05) is 13.2 Å². The van der Waals surface area contributed by atoms with Gasteiger partial charge in [-0.05, 0) is 32.6 Å². The lowest BCUT2D eigenvalue weighted by molar-refractivity contribution is -0.122. The Morgan fingerprint density at radius 1 is 1.43 bits per heavy atom. The number of carbonyl (C=O) groups is 1. The Hall–Kier alpha value is -0.280. The maximum absolute atomic E-state index is 11.6. The fourth-order valence-electron chi connectivity index (χ4n) is 1.59. The molecule has 82 valence electrons. The number of rotatable bonds is 3. The number of amides is 1. The molecular weight excluding hydrogens is 202 g/mol. The van der Waals surface area contributed by atoms with Crippen molar-refractivity contribution in [2.45, 2.75) is 38.1 Å². The van der Waals surface area contributed by atoms with E-state index < -0.39 is 5.38 Å². The van der Waals surface area contributed by atoms with Gasteiger partial charge in [-0.15, -0.1) is 11.6 Å². The predicted molar refractivity (Wildman–Crippen MR) is 56.5 cm³/mol. The molecule has 0 aromatic heterocycles. The van der Waals surface area contributed by atoms with Gasteiger partial charge in [0.15, 0.2) is 0 Å². The summed E-state index contributed by atoms with van der Waals surface area (Å²) in [4.78, 5) is 11.6. The van der Waals surface area contributed by atoms with Gasteiger partial charge >= 0.3 is 0 Å². The number of halogens is 1. The van der Waals surface area contributed by atoms with E-state index in [1.807, 2.05) is 13.8 Å². The summed E-state index contributed by atoms with van der Waals surface area (Å²) in [6, 6.07) is 0.156. The van der Waals surface area contributed by atoms with Gasteiger partial charge in [-0.25, -0.2) is 0 Å². The number of hydrogen-bond acceptors (Lipinski definition) is 2. The summed E-state index contributed by atoms with van der Waals surface area (Å²) in [7, 11) is 0. The predicted octanol–water partition coefficient (Wildman–Crippen LogP) is 1.54. The quantitative estimate of drug-likeness (QED) is 0.732. The second kappa shape index (κ2) is 5.56. The molecule has 3 nitrogen and oxygen atoms in total. The Morgan fingerprint density at radius 3 is 2.50 bits per heavy atom. The third-order valence-corrected chi connectivity index (χ3v) is 2.92. The largest absolute Gasteiger partial charge is 0.381 e. The first-order chi connectivity index (χ1) is 6.61. The van der Waals surface area contributed by atoms with Crippen LogP contribution in [0.15, 0.2) is 0 Å². The number of alkyl halides is 1. The average molecular weight is 220 g/mol. The Bertz CT molecular complexity index is 191. The summed E-state index contributed by atoms with van der Waals surface area (Å²) in [5, 5.41) is 2.43. The van der Waals surface area contributed by atoms with Gasteiger partial charge in [-0.3, -0.25) is 4.79 Å². The number of nitrogens with one attached hydrogen (secondary N) is 1. The lowest BCUT2D eigenvalue weighted by atomic mass is 9.95. The fourth-order valence-corrected chi connectivity index (χ4v) is 1.90. The van der Waals surface area contributed by atoms with E-state index in [4.69, 9.17) is 16.3 Å². The Balaban J connectivity index is 2.38. The maximum Gasteiger partial charge on any atom is 0.238 e. The highest BCUT2D eigenvalue weighted by molar-refractivity contribution is 6.31. The molecule has 1 aliphatic rings. The standard InChI is InChI=1S/C10H18ClNO2/c1-7(2)12-10(13)9(11)8-3-5-14-6-4-8/h7-9H,3-6H2,1-2H3,(H,12,13). The molecule has 1 rings (SSSR count). The molecular formula is C10H18ClNO2. The highest BCUT2D eigenvalue weighted by Crippen LogP contribution is 2.22. The zero-order valence-electron chi connectivity index (χ0n) is 8.75. The summed E-state index contributed by atoms with van der Waals surface area (Å²) >= 11 is 6.09. The third kappa shape index (κ3) is 3.46. The smallest absolute Gasteiger partial charge is 0.238 e. The summed E-state index contributed by atoms with van der Waals surface area (Å²) in [6.45, 7) is 5.32. The van der Waals surface area contributed by atoms with Crippen molar-refractivity contribution in [3.05, 3.63) is 0 Å². The zero-order valence-corrected chi connectivity index (χ0v) is 9.51. The second-order valence-electron chi connectivity index (χ2n) is 4.01. The topological polar surface area (TPSA) is 38.3 Å². The van der Waals surface area contributed by atoms with E-state index in [0.29, 0.717) is 0 Å². The minimum Gasteiger partial charge on any atom is -0.381 e. The van der Waals surface area contributed by atoms with Crippen LogP contribution in [0.1, 0.15) is 26.7 Å². The molecule has 0 saturated carbocycles. The Morgan fingerprint density at radius 2 is 2.00 bits per heavy atom. The first kappa shape index (κ1) is 11.8. The van der Waals surface area contributed by atoms with Crippen LogP contribution in [0.5, 0.6) is 0 Å². The van der Waals surface area contributed by atoms with Gasteiger partial charge in [0.2, 0.25) is 5.91 Å². The van der Waals surface area contributed by atoms with Crippen molar-refractivity contribution in [2.24, 2.45) is 5.92 Å². The monoisotopic (exact) mass is 219 g/mol. The first-order valence-corrected chi connectivity index (χ1v) is 5.57. The molecule has 0 spiro atoms. The molecule has 1 heterocycles. The molecule has 0 aromatic carbocycles. The Kier molecular flexibility index (Phi) is 4.69. The van der Waals surface area contributed by atoms with Gasteiger partial charge in [0.05, 0.1) is 0 Å². The van der Waals surface area contributed by atoms with Crippen molar-refractivity contribution >= 4 is 17.5 Å². The van der Waals surface area contributed by atoms with E-state index in [1.165, 1.54) is 0 Å². The first-order valence-electron chi connectivity index (χ1n) is 5.13. The molecule has 1 fully saturated rings. The van der Waals surface area contributed by atoms with E-state index in [9.17, 15) is 4.79 Å². The molecule has 14 heavy (non-hydrogen) atoms. The van der Waals surface area contributed by atoms with Gasteiger partial charge in [-0.2, -0.15) is 0 Å². The summed E-state index contributed by atoms with van der Waals surface area (Å²) in [6.07, 6.45) is 1.78. The van der Waals surface area contributed by atoms with E-state index in [2.05, 4.69) is 5.32 Å². The van der Waals surface area contributed by atoms with Crippen molar-refractivity contribution in [1.82, 2.24) is 5.32 Å². The molecule has 1 amide bonds. The van der Waals surface area contributed by atoms with E-state index >= 15 is 0 Å². The zero-order chi connectivity index (χ0) is 10.6. The molecule has 4 heteroatoms. The van der Waals surface area contributed by atoms with E-state index in [1.54, 1.807) is 0 Å². The van der Waals surface area contributed by atoms with Gasteiger partial charge < -0.3 is 10.1 Å². The van der Waals surface area contributed by atoms with Crippen LogP contribution in [0.25, 0.3) is 0 Å². The van der Waals surface area contributed by atoms with Crippen molar-refractivity contribution in [3.8, 4) is 0 Å². The van der Waals surface area contributed by atoms with Crippen LogP contribution < -0.4 is 5.32 Å². The fraction of sp³-hybridized carbons (Fsp3) is 0.900. The molecule has 1 saturated heterocycles. The normalized spacial score (nSPS) is 20.9. The summed E-state index contributed by atoms with van der Waals surface area (Å²) in [5.41, 5.74) is 0. The highest BCUT2D eigenvalue weighted by Gasteiger charge is 2.27. The Labute approximate surface area is 90.1 Å². The van der Waals surface area contributed by atoms with Crippen LogP contribution in [0, 0.1) is 5.92 Å². The van der Waals surface area contributed by atoms with E-state index in [-0.39, 0.29) is 17.9 Å². The number of ether oxygens (including phenoxy) is 1. The lowest BCUT2D eigenvalue weighted by Gasteiger charge is -2.26. The van der Waals surface area contributed by atoms with Crippen LogP contribution in [-0.2, 0) is 9.53 Å². The van der Waals surface area contributed by atoms with Crippen LogP contribution in [-0.4, -0.2) is 30.5 Å². The lowest BCUT2D eigenvalue weighted by Crippen LogP contribution is -2.41. The van der Waals surface area contributed by atoms with Crippen molar-refractivity contribution < 1.29 is 9.53 Å². The van der Waals surface area contributed by atoms with Gasteiger partial charge in [0.25, 0.3) is 0 Å².